The summed E-state index contributed by atoms with van der Waals surface area (Å²) < 4.78 is 24.4. The van der Waals surface area contributed by atoms with Crippen molar-refractivity contribution in [2.75, 3.05) is 37.9 Å². The third kappa shape index (κ3) is 3.37. The van der Waals surface area contributed by atoms with Gasteiger partial charge in [0.25, 0.3) is 0 Å². The Morgan fingerprint density at radius 1 is 1.04 bits per heavy atom. The standard InChI is InChI=1S/C19H20FN3O3/c20-16-4-2-1-3-14(16)12-21-19(24)23-9-7-22(8-10-23)15-5-6-17-18(11-15)26-13-25-17/h1-6,11H,7-10,12-13H2,(H,21,24). The van der Waals surface area contributed by atoms with Crippen molar-refractivity contribution in [3.63, 3.8) is 0 Å². The zero-order chi connectivity index (χ0) is 17.9. The lowest BCUT2D eigenvalue weighted by Gasteiger charge is -2.36. The van der Waals surface area contributed by atoms with Crippen molar-refractivity contribution in [1.29, 1.82) is 0 Å². The second-order valence-electron chi connectivity index (χ2n) is 6.26. The van der Waals surface area contributed by atoms with Crippen LogP contribution >= 0.6 is 0 Å². The van der Waals surface area contributed by atoms with Crippen molar-refractivity contribution in [2.45, 2.75) is 6.54 Å². The molecule has 2 heterocycles. The molecule has 0 aliphatic carbocycles. The molecular formula is C19H20FN3O3. The van der Waals surface area contributed by atoms with Crippen LogP contribution in [0.15, 0.2) is 42.5 Å². The van der Waals surface area contributed by atoms with Gasteiger partial charge in [0, 0.05) is 50.0 Å². The van der Waals surface area contributed by atoms with E-state index in [1.807, 2.05) is 18.2 Å². The van der Waals surface area contributed by atoms with Crippen molar-refractivity contribution in [2.24, 2.45) is 0 Å². The number of amides is 2. The molecule has 1 N–H and O–H groups in total. The van der Waals surface area contributed by atoms with Gasteiger partial charge in [0.05, 0.1) is 0 Å². The van der Waals surface area contributed by atoms with E-state index in [4.69, 9.17) is 9.47 Å². The van der Waals surface area contributed by atoms with E-state index >= 15 is 0 Å². The lowest BCUT2D eigenvalue weighted by Crippen LogP contribution is -2.51. The maximum absolute atomic E-state index is 13.6. The number of urea groups is 1. The number of anilines is 1. The van der Waals surface area contributed by atoms with Crippen molar-refractivity contribution in [3.05, 3.63) is 53.8 Å². The first-order chi connectivity index (χ1) is 12.7. The van der Waals surface area contributed by atoms with Gasteiger partial charge in [-0.05, 0) is 18.2 Å². The number of carbonyl (C=O) groups is 1. The van der Waals surface area contributed by atoms with Crippen LogP contribution < -0.4 is 19.7 Å². The molecule has 7 heteroatoms. The van der Waals surface area contributed by atoms with E-state index in [9.17, 15) is 9.18 Å². The average Bonchev–Trinajstić information content (AvgIpc) is 3.15. The number of ether oxygens (including phenoxy) is 2. The molecule has 2 aliphatic heterocycles. The first kappa shape index (κ1) is 16.5. The Hall–Kier alpha value is -2.96. The van der Waals surface area contributed by atoms with Gasteiger partial charge in [-0.3, -0.25) is 0 Å². The van der Waals surface area contributed by atoms with Crippen LogP contribution in [-0.2, 0) is 6.54 Å². The third-order valence-electron chi connectivity index (χ3n) is 4.68. The fourth-order valence-corrected chi connectivity index (χ4v) is 3.17. The van der Waals surface area contributed by atoms with Gasteiger partial charge in [-0.25, -0.2) is 9.18 Å². The van der Waals surface area contributed by atoms with Gasteiger partial charge in [0.15, 0.2) is 11.5 Å². The largest absolute Gasteiger partial charge is 0.454 e. The van der Waals surface area contributed by atoms with E-state index in [-0.39, 0.29) is 25.2 Å². The second-order valence-corrected chi connectivity index (χ2v) is 6.26. The highest BCUT2D eigenvalue weighted by Crippen LogP contribution is 2.35. The minimum Gasteiger partial charge on any atom is -0.454 e. The Morgan fingerprint density at radius 3 is 2.62 bits per heavy atom. The van der Waals surface area contributed by atoms with Gasteiger partial charge in [-0.2, -0.15) is 0 Å². The molecule has 2 aromatic carbocycles. The number of halogens is 1. The fourth-order valence-electron chi connectivity index (χ4n) is 3.17. The quantitative estimate of drug-likeness (QED) is 0.917. The highest BCUT2D eigenvalue weighted by Gasteiger charge is 2.23. The lowest BCUT2D eigenvalue weighted by molar-refractivity contribution is 0.174. The van der Waals surface area contributed by atoms with Crippen LogP contribution in [-0.4, -0.2) is 43.9 Å². The molecule has 4 rings (SSSR count). The van der Waals surface area contributed by atoms with Crippen molar-refractivity contribution in [1.82, 2.24) is 10.2 Å². The second kappa shape index (κ2) is 7.11. The summed E-state index contributed by atoms with van der Waals surface area (Å²) >= 11 is 0. The van der Waals surface area contributed by atoms with Crippen LogP contribution in [0.4, 0.5) is 14.9 Å². The molecule has 0 bridgehead atoms. The number of nitrogens with zero attached hydrogens (tertiary/aromatic N) is 2. The van der Waals surface area contributed by atoms with Crippen LogP contribution in [0.3, 0.4) is 0 Å². The summed E-state index contributed by atoms with van der Waals surface area (Å²) in [6, 6.07) is 12.2. The zero-order valence-corrected chi connectivity index (χ0v) is 14.3. The maximum atomic E-state index is 13.6. The van der Waals surface area contributed by atoms with Crippen LogP contribution in [0.5, 0.6) is 11.5 Å². The lowest BCUT2D eigenvalue weighted by atomic mass is 10.2. The van der Waals surface area contributed by atoms with Crippen molar-refractivity contribution < 1.29 is 18.7 Å². The SMILES string of the molecule is O=C(NCc1ccccc1F)N1CCN(c2ccc3c(c2)OCO3)CC1. The van der Waals surface area contributed by atoms with E-state index in [1.165, 1.54) is 6.07 Å². The molecule has 0 spiro atoms. The first-order valence-corrected chi connectivity index (χ1v) is 8.61. The summed E-state index contributed by atoms with van der Waals surface area (Å²) in [5.41, 5.74) is 1.54. The zero-order valence-electron chi connectivity index (χ0n) is 14.3. The van der Waals surface area contributed by atoms with Crippen LogP contribution in [0.25, 0.3) is 0 Å². The molecule has 0 radical (unpaired) electrons. The van der Waals surface area contributed by atoms with Crippen LogP contribution in [0, 0.1) is 5.82 Å². The number of hydrogen-bond acceptors (Lipinski definition) is 4. The van der Waals surface area contributed by atoms with Gasteiger partial charge in [-0.1, -0.05) is 18.2 Å². The van der Waals surface area contributed by atoms with Gasteiger partial charge in [0.2, 0.25) is 6.79 Å². The minimum atomic E-state index is -0.305. The fraction of sp³-hybridized carbons (Fsp3) is 0.316. The van der Waals surface area contributed by atoms with Crippen LogP contribution in [0.1, 0.15) is 5.56 Å². The van der Waals surface area contributed by atoms with Crippen molar-refractivity contribution in [3.8, 4) is 11.5 Å². The highest BCUT2D eigenvalue weighted by molar-refractivity contribution is 5.74. The first-order valence-electron chi connectivity index (χ1n) is 8.61. The molecule has 136 valence electrons. The third-order valence-corrected chi connectivity index (χ3v) is 4.68. The molecule has 0 unspecified atom stereocenters. The van der Waals surface area contributed by atoms with Gasteiger partial charge in [0.1, 0.15) is 5.82 Å². The molecule has 2 aromatic rings. The summed E-state index contributed by atoms with van der Waals surface area (Å²) in [6.07, 6.45) is 0. The smallest absolute Gasteiger partial charge is 0.317 e. The minimum absolute atomic E-state index is 0.168. The number of nitrogens with one attached hydrogen (secondary N) is 1. The summed E-state index contributed by atoms with van der Waals surface area (Å²) in [7, 11) is 0. The molecule has 6 nitrogen and oxygen atoms in total. The summed E-state index contributed by atoms with van der Waals surface area (Å²) in [5, 5.41) is 2.79. The predicted octanol–water partition coefficient (Wildman–Crippen LogP) is 2.59. The Balaban J connectivity index is 1.30. The molecule has 26 heavy (non-hydrogen) atoms. The molecule has 0 atom stereocenters. The maximum Gasteiger partial charge on any atom is 0.317 e. The van der Waals surface area contributed by atoms with Crippen molar-refractivity contribution >= 4 is 11.7 Å². The van der Waals surface area contributed by atoms with Gasteiger partial charge in [-0.15, -0.1) is 0 Å². The van der Waals surface area contributed by atoms with Gasteiger partial charge < -0.3 is 24.6 Å². The number of benzene rings is 2. The normalized spacial score (nSPS) is 15.9. The topological polar surface area (TPSA) is 54.0 Å². The van der Waals surface area contributed by atoms with E-state index in [2.05, 4.69) is 10.2 Å². The Morgan fingerprint density at radius 2 is 1.81 bits per heavy atom. The number of hydrogen-bond donors (Lipinski definition) is 1. The number of fused-ring (bicyclic) bond motifs is 1. The summed E-state index contributed by atoms with van der Waals surface area (Å²) in [6.45, 7) is 3.12. The monoisotopic (exact) mass is 357 g/mol. The Kier molecular flexibility index (Phi) is 4.51. The molecular weight excluding hydrogens is 337 g/mol. The Bertz CT molecular complexity index is 806. The highest BCUT2D eigenvalue weighted by atomic mass is 19.1. The van der Waals surface area contributed by atoms with E-state index in [1.54, 1.807) is 23.1 Å². The van der Waals surface area contributed by atoms with Gasteiger partial charge >= 0.3 is 6.03 Å². The number of piperazine rings is 1. The predicted molar refractivity (Wildman–Crippen MR) is 95.0 cm³/mol. The molecule has 2 aliphatic rings. The van der Waals surface area contributed by atoms with E-state index in [0.717, 1.165) is 30.3 Å². The van der Waals surface area contributed by atoms with Crippen LogP contribution in [0.2, 0.25) is 0 Å². The molecule has 2 amide bonds. The summed E-state index contributed by atoms with van der Waals surface area (Å²) in [5.74, 6) is 1.22. The number of carbonyl (C=O) groups excluding carboxylic acids is 1. The number of rotatable bonds is 3. The molecule has 1 fully saturated rings. The molecule has 0 aromatic heterocycles. The van der Waals surface area contributed by atoms with E-state index in [0.29, 0.717) is 18.7 Å². The van der Waals surface area contributed by atoms with E-state index < -0.39 is 0 Å². The summed E-state index contributed by atoms with van der Waals surface area (Å²) in [4.78, 5) is 16.3. The molecule has 1 saturated heterocycles. The molecule has 0 saturated carbocycles. The Labute approximate surface area is 151 Å². The average molecular weight is 357 g/mol.